The van der Waals surface area contributed by atoms with Crippen molar-refractivity contribution < 1.29 is 4.42 Å². The molecule has 0 aliphatic rings. The van der Waals surface area contributed by atoms with Crippen LogP contribution in [0.1, 0.15) is 0 Å². The second kappa shape index (κ2) is 19.6. The molecule has 17 rings (SSSR count). The number of aromatic nitrogens is 5. The second-order valence-corrected chi connectivity index (χ2v) is 21.9. The van der Waals surface area contributed by atoms with E-state index in [2.05, 4.69) is 294 Å². The number of furan rings is 1. The molecule has 6 nitrogen and oxygen atoms in total. The summed E-state index contributed by atoms with van der Waals surface area (Å²) < 4.78 is 11.9. The Kier molecular flexibility index (Phi) is 11.1. The molecule has 0 atom stereocenters. The van der Waals surface area contributed by atoms with Gasteiger partial charge >= 0.3 is 0 Å². The van der Waals surface area contributed by atoms with Crippen LogP contribution in [0.5, 0.6) is 0 Å². The molecule has 0 bridgehead atoms. The molecule has 0 saturated heterocycles. The van der Waals surface area contributed by atoms with Crippen LogP contribution < -0.4 is 0 Å². The molecule has 0 N–H and O–H groups in total. The van der Waals surface area contributed by atoms with Gasteiger partial charge in [0.25, 0.3) is 0 Å². The van der Waals surface area contributed by atoms with Gasteiger partial charge in [0.05, 0.1) is 27.8 Å². The Morgan fingerprint density at radius 1 is 0.247 bits per heavy atom. The fraction of sp³-hybridized carbons (Fsp3) is 0. The van der Waals surface area contributed by atoms with Gasteiger partial charge in [-0.3, -0.25) is 0 Å². The van der Waals surface area contributed by atoms with Crippen molar-refractivity contribution in [1.82, 2.24) is 24.1 Å². The summed E-state index contributed by atoms with van der Waals surface area (Å²) in [5.41, 5.74) is 19.8. The van der Waals surface area contributed by atoms with E-state index in [-0.39, 0.29) is 0 Å². The number of nitrogens with zero attached hydrogens (tertiary/aromatic N) is 5. The van der Waals surface area contributed by atoms with Crippen LogP contribution in [0.15, 0.2) is 302 Å². The Labute approximate surface area is 489 Å². The summed E-state index contributed by atoms with van der Waals surface area (Å²) in [6, 6.07) is 106. The quantitative estimate of drug-likeness (QED) is 0.144. The summed E-state index contributed by atoms with van der Waals surface area (Å²) in [6.45, 7) is 0. The number of fused-ring (bicyclic) bond motifs is 10. The Hall–Kier alpha value is -11.5. The molecular formula is C79H49N5O. The number of hydrogen-bond donors (Lipinski definition) is 0. The van der Waals surface area contributed by atoms with Crippen molar-refractivity contribution in [1.29, 1.82) is 0 Å². The van der Waals surface area contributed by atoms with Gasteiger partial charge < -0.3 is 13.6 Å². The van der Waals surface area contributed by atoms with Crippen molar-refractivity contribution in [2.45, 2.75) is 0 Å². The first-order valence-electron chi connectivity index (χ1n) is 28.8. The maximum Gasteiger partial charge on any atom is 0.164 e. The zero-order valence-corrected chi connectivity index (χ0v) is 45.9. The molecule has 0 spiro atoms. The smallest absolute Gasteiger partial charge is 0.164 e. The van der Waals surface area contributed by atoms with Gasteiger partial charge in [-0.2, -0.15) is 0 Å². The minimum absolute atomic E-state index is 0.550. The van der Waals surface area contributed by atoms with Gasteiger partial charge in [0.2, 0.25) is 0 Å². The summed E-state index contributed by atoms with van der Waals surface area (Å²) in [6.07, 6.45) is 0. The van der Waals surface area contributed by atoms with Crippen LogP contribution in [0, 0.1) is 0 Å². The summed E-state index contributed by atoms with van der Waals surface area (Å²) in [4.78, 5) is 16.2. The highest BCUT2D eigenvalue weighted by Gasteiger charge is 2.24. The molecule has 0 unspecified atom stereocenters. The van der Waals surface area contributed by atoms with Gasteiger partial charge in [0.1, 0.15) is 11.2 Å². The summed E-state index contributed by atoms with van der Waals surface area (Å²) >= 11 is 0. The molecule has 0 aliphatic heterocycles. The molecule has 85 heavy (non-hydrogen) atoms. The third-order valence-corrected chi connectivity index (χ3v) is 17.0. The summed E-state index contributed by atoms with van der Waals surface area (Å²) in [5.74, 6) is 1.70. The zero-order valence-electron chi connectivity index (χ0n) is 45.9. The average Bonchev–Trinajstić information content (AvgIpc) is 2.97. The van der Waals surface area contributed by atoms with Crippen LogP contribution in [0.4, 0.5) is 0 Å². The highest BCUT2D eigenvalue weighted by Crippen LogP contribution is 2.45. The molecule has 4 aromatic heterocycles. The van der Waals surface area contributed by atoms with E-state index >= 15 is 0 Å². The lowest BCUT2D eigenvalue weighted by Gasteiger charge is -2.16. The molecule has 17 aromatic rings. The lowest BCUT2D eigenvalue weighted by Crippen LogP contribution is -2.01. The largest absolute Gasteiger partial charge is 0.456 e. The minimum Gasteiger partial charge on any atom is -0.456 e. The molecule has 13 aromatic carbocycles. The number of para-hydroxylation sites is 3. The van der Waals surface area contributed by atoms with Gasteiger partial charge in [-0.1, -0.05) is 218 Å². The van der Waals surface area contributed by atoms with E-state index in [0.717, 1.165) is 116 Å². The maximum absolute atomic E-state index is 7.09. The molecule has 0 amide bonds. The Balaban J connectivity index is 0.882. The zero-order chi connectivity index (χ0) is 56.0. The fourth-order valence-corrected chi connectivity index (χ4v) is 12.9. The summed E-state index contributed by atoms with van der Waals surface area (Å²) in [5, 5.41) is 8.92. The molecule has 0 aliphatic carbocycles. The topological polar surface area (TPSA) is 61.7 Å². The first kappa shape index (κ1) is 48.3. The number of rotatable bonds is 9. The predicted octanol–water partition coefficient (Wildman–Crippen LogP) is 20.8. The number of benzene rings is 13. The summed E-state index contributed by atoms with van der Waals surface area (Å²) in [7, 11) is 0. The van der Waals surface area contributed by atoms with E-state index in [9.17, 15) is 0 Å². The molecular weight excluding hydrogens is 1030 g/mol. The maximum atomic E-state index is 7.09. The van der Waals surface area contributed by atoms with Gasteiger partial charge in [-0.25, -0.2) is 15.0 Å². The highest BCUT2D eigenvalue weighted by molar-refractivity contribution is 6.17. The molecule has 4 heterocycles. The van der Waals surface area contributed by atoms with E-state index in [1.165, 1.54) is 32.7 Å². The third kappa shape index (κ3) is 8.14. The fourth-order valence-electron chi connectivity index (χ4n) is 12.9. The van der Waals surface area contributed by atoms with E-state index in [0.29, 0.717) is 17.5 Å². The van der Waals surface area contributed by atoms with Crippen molar-refractivity contribution >= 4 is 76.3 Å². The van der Waals surface area contributed by atoms with Gasteiger partial charge in [-0.05, 0) is 123 Å². The van der Waals surface area contributed by atoms with Crippen LogP contribution in [-0.4, -0.2) is 24.1 Å². The van der Waals surface area contributed by atoms with E-state index < -0.39 is 0 Å². The average molecular weight is 1080 g/mol. The van der Waals surface area contributed by atoms with Crippen molar-refractivity contribution in [2.75, 3.05) is 0 Å². The van der Waals surface area contributed by atoms with Crippen LogP contribution in [0.25, 0.3) is 166 Å². The van der Waals surface area contributed by atoms with Gasteiger partial charge in [-0.15, -0.1) is 0 Å². The Morgan fingerprint density at radius 2 is 0.741 bits per heavy atom. The van der Waals surface area contributed by atoms with E-state index in [1.807, 2.05) is 12.1 Å². The van der Waals surface area contributed by atoms with Crippen LogP contribution in [0.2, 0.25) is 0 Å². The minimum atomic E-state index is 0.550. The van der Waals surface area contributed by atoms with Crippen molar-refractivity contribution in [3.05, 3.63) is 297 Å². The van der Waals surface area contributed by atoms with Crippen molar-refractivity contribution in [3.63, 3.8) is 0 Å². The molecule has 396 valence electrons. The number of hydrogen-bond acceptors (Lipinski definition) is 4. The van der Waals surface area contributed by atoms with Crippen molar-refractivity contribution in [3.8, 4) is 90.0 Å². The van der Waals surface area contributed by atoms with Gasteiger partial charge in [0, 0.05) is 66.3 Å². The van der Waals surface area contributed by atoms with Gasteiger partial charge in [0.15, 0.2) is 17.5 Å². The Morgan fingerprint density at radius 3 is 1.45 bits per heavy atom. The SMILES string of the molecule is c1ccc(-c2ccc(-c3nc(-c4ccc5c(c4)c4ccccc4n5-c4ccccc4)nc(-c4cccc5oc6cc(-n7c8ccccc8c8cc9ccccc9cc87)c(-c7ccc(-c8cccc(-c9ccccc9)c8)cc7)cc6c45)n3)cc2)cc1. The van der Waals surface area contributed by atoms with Crippen LogP contribution in [0.3, 0.4) is 0 Å². The first-order chi connectivity index (χ1) is 42.1. The van der Waals surface area contributed by atoms with Crippen molar-refractivity contribution in [2.24, 2.45) is 0 Å². The molecule has 0 saturated carbocycles. The second-order valence-electron chi connectivity index (χ2n) is 21.9. The van der Waals surface area contributed by atoms with Crippen LogP contribution in [-0.2, 0) is 0 Å². The van der Waals surface area contributed by atoms with E-state index in [4.69, 9.17) is 19.4 Å². The third-order valence-electron chi connectivity index (χ3n) is 17.0. The molecule has 0 radical (unpaired) electrons. The normalized spacial score (nSPS) is 11.8. The highest BCUT2D eigenvalue weighted by atomic mass is 16.3. The monoisotopic (exact) mass is 1080 g/mol. The molecule has 6 heteroatoms. The lowest BCUT2D eigenvalue weighted by molar-refractivity contribution is 0.668. The van der Waals surface area contributed by atoms with E-state index in [1.54, 1.807) is 0 Å². The molecule has 0 fully saturated rings. The Bertz CT molecular complexity index is 5450. The first-order valence-corrected chi connectivity index (χ1v) is 28.8. The predicted molar refractivity (Wildman–Crippen MR) is 351 cm³/mol. The standard InChI is InChI=1S/C79H49N5O/c1-4-18-50(19-5-1)52-36-40-55(41-37-52)77-80-78(60-42-43-71-66(46-60)62-28-12-14-31-69(62)83(71)61-26-8-3-9-27-61)82-79(81-77)64-30-17-33-74-76(64)68-48-65(54-38-34-53(35-39-54)57-25-16-24-56(44-57)51-20-6-2-7-21-51)73(49-75(68)85-74)84-70-32-15-13-29-63(70)67-45-58-22-10-11-23-59(58)47-72(67)84/h1-49H. The lowest BCUT2D eigenvalue weighted by atomic mass is 9.95. The van der Waals surface area contributed by atoms with Crippen LogP contribution >= 0.6 is 0 Å².